The molecular weight excluding hydrogens is 252 g/mol. The summed E-state index contributed by atoms with van der Waals surface area (Å²) in [6.07, 6.45) is 9.49. The Balaban J connectivity index is 1.76. The lowest BCUT2D eigenvalue weighted by Crippen LogP contribution is -2.15. The zero-order valence-electron chi connectivity index (χ0n) is 12.0. The van der Waals surface area contributed by atoms with Crippen LogP contribution >= 0.6 is 0 Å². The van der Waals surface area contributed by atoms with Crippen LogP contribution in [0.25, 0.3) is 6.08 Å². The Morgan fingerprint density at radius 2 is 1.90 bits per heavy atom. The number of benzene rings is 1. The van der Waals surface area contributed by atoms with Gasteiger partial charge in [0, 0.05) is 6.08 Å². The van der Waals surface area contributed by atoms with Crippen LogP contribution in [0.3, 0.4) is 0 Å². The van der Waals surface area contributed by atoms with E-state index in [1.165, 1.54) is 38.2 Å². The molecule has 3 nitrogen and oxygen atoms in total. The zero-order valence-corrected chi connectivity index (χ0v) is 12.0. The average molecular weight is 274 g/mol. The van der Waals surface area contributed by atoms with Gasteiger partial charge in [0.15, 0.2) is 0 Å². The van der Waals surface area contributed by atoms with E-state index in [2.05, 4.69) is 0 Å². The summed E-state index contributed by atoms with van der Waals surface area (Å²) < 4.78 is 10.4. The second-order valence-corrected chi connectivity index (χ2v) is 5.24. The van der Waals surface area contributed by atoms with Crippen LogP contribution in [0.2, 0.25) is 0 Å². The SMILES string of the molecule is COc1ccc(/C=C/C(=O)OCC2CCCCC2)cc1. The lowest BCUT2D eigenvalue weighted by molar-refractivity contribution is -0.139. The monoisotopic (exact) mass is 274 g/mol. The minimum Gasteiger partial charge on any atom is -0.497 e. The molecule has 2 rings (SSSR count). The zero-order chi connectivity index (χ0) is 14.2. The van der Waals surface area contributed by atoms with Crippen molar-refractivity contribution < 1.29 is 14.3 Å². The molecule has 0 aromatic heterocycles. The van der Waals surface area contributed by atoms with Crippen molar-refractivity contribution in [1.82, 2.24) is 0 Å². The molecule has 0 spiro atoms. The van der Waals surface area contributed by atoms with Gasteiger partial charge in [0.05, 0.1) is 13.7 Å². The largest absolute Gasteiger partial charge is 0.497 e. The van der Waals surface area contributed by atoms with Crippen molar-refractivity contribution in [3.8, 4) is 5.75 Å². The number of hydrogen-bond acceptors (Lipinski definition) is 3. The lowest BCUT2D eigenvalue weighted by atomic mass is 9.90. The molecule has 0 N–H and O–H groups in total. The second kappa shape index (κ2) is 7.73. The van der Waals surface area contributed by atoms with Crippen molar-refractivity contribution in [1.29, 1.82) is 0 Å². The smallest absolute Gasteiger partial charge is 0.330 e. The van der Waals surface area contributed by atoms with Gasteiger partial charge in [0.25, 0.3) is 0 Å². The fraction of sp³-hybridized carbons (Fsp3) is 0.471. The predicted octanol–water partition coefficient (Wildman–Crippen LogP) is 3.83. The van der Waals surface area contributed by atoms with E-state index < -0.39 is 0 Å². The minimum atomic E-state index is -0.258. The predicted molar refractivity (Wildman–Crippen MR) is 79.6 cm³/mol. The molecule has 108 valence electrons. The Hall–Kier alpha value is -1.77. The van der Waals surface area contributed by atoms with Crippen molar-refractivity contribution in [3.63, 3.8) is 0 Å². The standard InChI is InChI=1S/C17H22O3/c1-19-16-10-7-14(8-11-16)9-12-17(18)20-13-15-5-3-2-4-6-15/h7-12,15H,2-6,13H2,1H3/b12-9+. The highest BCUT2D eigenvalue weighted by molar-refractivity contribution is 5.87. The van der Waals surface area contributed by atoms with Crippen molar-refractivity contribution in [2.45, 2.75) is 32.1 Å². The van der Waals surface area contributed by atoms with E-state index in [4.69, 9.17) is 9.47 Å². The van der Waals surface area contributed by atoms with Crippen molar-refractivity contribution in [2.24, 2.45) is 5.92 Å². The summed E-state index contributed by atoms with van der Waals surface area (Å²) in [5.41, 5.74) is 0.959. The molecule has 1 fully saturated rings. The van der Waals surface area contributed by atoms with Crippen molar-refractivity contribution in [3.05, 3.63) is 35.9 Å². The van der Waals surface area contributed by atoms with Crippen LogP contribution in [-0.2, 0) is 9.53 Å². The van der Waals surface area contributed by atoms with Crippen LogP contribution in [-0.4, -0.2) is 19.7 Å². The maximum absolute atomic E-state index is 11.6. The molecule has 0 aliphatic heterocycles. The van der Waals surface area contributed by atoms with Gasteiger partial charge in [0.1, 0.15) is 5.75 Å². The highest BCUT2D eigenvalue weighted by Crippen LogP contribution is 2.23. The quantitative estimate of drug-likeness (QED) is 0.604. The van der Waals surface area contributed by atoms with Crippen LogP contribution in [0.4, 0.5) is 0 Å². The number of carbonyl (C=O) groups is 1. The summed E-state index contributed by atoms with van der Waals surface area (Å²) in [7, 11) is 1.63. The molecule has 0 bridgehead atoms. The maximum atomic E-state index is 11.6. The molecule has 0 saturated heterocycles. The van der Waals surface area contributed by atoms with Gasteiger partial charge in [0.2, 0.25) is 0 Å². The van der Waals surface area contributed by atoms with E-state index in [0.717, 1.165) is 11.3 Å². The molecule has 0 atom stereocenters. The van der Waals surface area contributed by atoms with Gasteiger partial charge in [-0.3, -0.25) is 0 Å². The molecule has 0 amide bonds. The third kappa shape index (κ3) is 4.72. The van der Waals surface area contributed by atoms with E-state index >= 15 is 0 Å². The van der Waals surface area contributed by atoms with E-state index in [9.17, 15) is 4.79 Å². The first kappa shape index (κ1) is 14.6. The highest BCUT2D eigenvalue weighted by atomic mass is 16.5. The second-order valence-electron chi connectivity index (χ2n) is 5.24. The molecular formula is C17H22O3. The first-order valence-electron chi connectivity index (χ1n) is 7.27. The molecule has 0 heterocycles. The van der Waals surface area contributed by atoms with Crippen molar-refractivity contribution >= 4 is 12.0 Å². The molecule has 1 aromatic rings. The lowest BCUT2D eigenvalue weighted by Gasteiger charge is -2.20. The fourth-order valence-corrected chi connectivity index (χ4v) is 2.48. The molecule has 0 radical (unpaired) electrons. The Morgan fingerprint density at radius 3 is 2.55 bits per heavy atom. The van der Waals surface area contributed by atoms with E-state index in [1.54, 1.807) is 13.2 Å². The van der Waals surface area contributed by atoms with Crippen molar-refractivity contribution in [2.75, 3.05) is 13.7 Å². The number of hydrogen-bond donors (Lipinski definition) is 0. The third-order valence-corrected chi connectivity index (χ3v) is 3.71. The van der Waals surface area contributed by atoms with Gasteiger partial charge >= 0.3 is 5.97 Å². The summed E-state index contributed by atoms with van der Waals surface area (Å²) in [4.78, 5) is 11.6. The number of esters is 1. The molecule has 0 unspecified atom stereocenters. The summed E-state index contributed by atoms with van der Waals surface area (Å²) in [5.74, 6) is 1.11. The van der Waals surface area contributed by atoms with E-state index in [0.29, 0.717) is 12.5 Å². The van der Waals surface area contributed by atoms with Crippen LogP contribution in [0, 0.1) is 5.92 Å². The number of ether oxygens (including phenoxy) is 2. The summed E-state index contributed by atoms with van der Waals surface area (Å²) in [6, 6.07) is 7.55. The number of rotatable bonds is 5. The van der Waals surface area contributed by atoms with Gasteiger partial charge in [-0.25, -0.2) is 4.79 Å². The fourth-order valence-electron chi connectivity index (χ4n) is 2.48. The minimum absolute atomic E-state index is 0.258. The van der Waals surface area contributed by atoms with Crippen LogP contribution < -0.4 is 4.74 Å². The molecule has 1 aliphatic rings. The van der Waals surface area contributed by atoms with Gasteiger partial charge in [-0.1, -0.05) is 31.4 Å². The van der Waals surface area contributed by atoms with Gasteiger partial charge in [-0.15, -0.1) is 0 Å². The molecule has 20 heavy (non-hydrogen) atoms. The molecule has 1 aliphatic carbocycles. The van der Waals surface area contributed by atoms with Gasteiger partial charge in [-0.2, -0.15) is 0 Å². The molecule has 1 saturated carbocycles. The summed E-state index contributed by atoms with van der Waals surface area (Å²) >= 11 is 0. The van der Waals surface area contributed by atoms with E-state index in [1.807, 2.05) is 24.3 Å². The summed E-state index contributed by atoms with van der Waals surface area (Å²) in [5, 5.41) is 0. The first-order valence-corrected chi connectivity index (χ1v) is 7.27. The Morgan fingerprint density at radius 1 is 1.20 bits per heavy atom. The van der Waals surface area contributed by atoms with Crippen LogP contribution in [0.1, 0.15) is 37.7 Å². The Kier molecular flexibility index (Phi) is 5.66. The molecule has 3 heteroatoms. The van der Waals surface area contributed by atoms with E-state index in [-0.39, 0.29) is 5.97 Å². The highest BCUT2D eigenvalue weighted by Gasteiger charge is 2.14. The van der Waals surface area contributed by atoms with Crippen LogP contribution in [0.5, 0.6) is 5.75 Å². The first-order chi connectivity index (χ1) is 9.78. The maximum Gasteiger partial charge on any atom is 0.330 e. The van der Waals surface area contributed by atoms with Gasteiger partial charge < -0.3 is 9.47 Å². The Labute approximate surface area is 120 Å². The third-order valence-electron chi connectivity index (χ3n) is 3.71. The normalized spacial score (nSPS) is 16.2. The Bertz CT molecular complexity index is 442. The molecule has 1 aromatic carbocycles. The summed E-state index contributed by atoms with van der Waals surface area (Å²) in [6.45, 7) is 0.561. The van der Waals surface area contributed by atoms with Gasteiger partial charge in [-0.05, 0) is 42.5 Å². The average Bonchev–Trinajstić information content (AvgIpc) is 2.52. The van der Waals surface area contributed by atoms with Crippen LogP contribution in [0.15, 0.2) is 30.3 Å². The topological polar surface area (TPSA) is 35.5 Å². The number of carbonyl (C=O) groups excluding carboxylic acids is 1. The number of methoxy groups -OCH3 is 1.